The van der Waals surface area contributed by atoms with Crippen LogP contribution in [-0.4, -0.2) is 77.1 Å². The number of rotatable bonds is 21. The van der Waals surface area contributed by atoms with Gasteiger partial charge >= 0.3 is 156 Å². The Bertz CT molecular complexity index is 4210. The summed E-state index contributed by atoms with van der Waals surface area (Å²) in [5.74, 6) is -8.57. The minimum Gasteiger partial charge on any atom is -1.00 e. The number of aromatic nitrogens is 6. The molecule has 6 unspecified atom stereocenters. The summed E-state index contributed by atoms with van der Waals surface area (Å²) >= 11 is 21.2. The van der Waals surface area contributed by atoms with Crippen LogP contribution in [0.1, 0.15) is 122 Å². The van der Waals surface area contributed by atoms with E-state index in [9.17, 15) is 40.7 Å². The number of phenolic OH excluding ortho intramolecular Hbond substituents is 1. The molecule has 0 bridgehead atoms. The number of carbonyl (C=O) groups excluding carboxylic acids is 3. The molecule has 6 aromatic carbocycles. The molecule has 0 spiro atoms. The van der Waals surface area contributed by atoms with Gasteiger partial charge in [-0.3, -0.25) is 14.4 Å². The number of benzene rings is 6. The van der Waals surface area contributed by atoms with E-state index in [1.165, 1.54) is 24.3 Å². The maximum Gasteiger partial charge on any atom is 1.00 e. The van der Waals surface area contributed by atoms with E-state index >= 15 is 0 Å². The number of carboxylic acids is 1. The first-order valence-electron chi connectivity index (χ1n) is 30.8. The summed E-state index contributed by atoms with van der Waals surface area (Å²) in [6.45, 7) is 9.11. The number of aliphatic carboxylic acids is 1. The van der Waals surface area contributed by atoms with Gasteiger partial charge < -0.3 is 40.5 Å². The van der Waals surface area contributed by atoms with Crippen LogP contribution in [0.4, 0.5) is 26.3 Å². The van der Waals surface area contributed by atoms with Crippen molar-refractivity contribution in [2.75, 3.05) is 13.2 Å². The normalized spacial score (nSPS) is 16.5. The maximum atomic E-state index is 14.7. The number of aromatic hydroxyl groups is 1. The Hall–Kier alpha value is -4.74. The van der Waals surface area contributed by atoms with Crippen LogP contribution in [0.15, 0.2) is 127 Å². The first-order chi connectivity index (χ1) is 46.8. The molecule has 0 aliphatic heterocycles. The molecule has 3 fully saturated rings. The van der Waals surface area contributed by atoms with E-state index in [0.717, 1.165) is 62.3 Å². The minimum absolute atomic E-state index is 0. The topological polar surface area (TPSA) is 222 Å². The number of phenols is 1. The van der Waals surface area contributed by atoms with Gasteiger partial charge in [0.15, 0.2) is 52.2 Å². The molecular weight excluding hydrogens is 1680 g/mol. The zero-order chi connectivity index (χ0) is 71.1. The second kappa shape index (κ2) is 39.9. The second-order valence-electron chi connectivity index (χ2n) is 23.2. The summed E-state index contributed by atoms with van der Waals surface area (Å²) < 4.78 is 111. The fraction of sp³-hybridized carbons (Fsp3) is 0.310. The first kappa shape index (κ1) is 84.2. The van der Waals surface area contributed by atoms with E-state index in [1.54, 1.807) is 83.9 Å². The minimum atomic E-state index is -0.966. The van der Waals surface area contributed by atoms with Crippen molar-refractivity contribution in [1.29, 1.82) is 0 Å². The Balaban J connectivity index is 0.000000246. The molecule has 100 heavy (non-hydrogen) atoms. The van der Waals surface area contributed by atoms with E-state index in [1.807, 2.05) is 49.7 Å². The summed E-state index contributed by atoms with van der Waals surface area (Å²) in [7, 11) is 0. The van der Waals surface area contributed by atoms with Gasteiger partial charge in [0.25, 0.3) is 0 Å². The van der Waals surface area contributed by atoms with Crippen molar-refractivity contribution in [2.45, 2.75) is 109 Å². The van der Waals surface area contributed by atoms with E-state index in [-0.39, 0.29) is 219 Å². The molecule has 3 aromatic heterocycles. The summed E-state index contributed by atoms with van der Waals surface area (Å²) in [5, 5.41) is 42.1. The fourth-order valence-corrected chi connectivity index (χ4v) is 11.8. The van der Waals surface area contributed by atoms with Crippen molar-refractivity contribution in [3.05, 3.63) is 228 Å². The quantitative estimate of drug-likeness (QED) is 0.0296. The number of alkyl halides is 1. The van der Waals surface area contributed by atoms with Gasteiger partial charge in [0.2, 0.25) is 0 Å². The van der Waals surface area contributed by atoms with Crippen LogP contribution < -0.4 is 152 Å². The molecule has 3 saturated carbocycles. The third kappa shape index (κ3) is 24.2. The molecule has 9 aromatic rings. The summed E-state index contributed by atoms with van der Waals surface area (Å²) in [4.78, 5) is 41.9. The zero-order valence-corrected chi connectivity index (χ0v) is 71.9. The van der Waals surface area contributed by atoms with Gasteiger partial charge in [-0.15, -0.1) is 0 Å². The smallest absolute Gasteiger partial charge is 1.00 e. The Morgan fingerprint density at radius 1 is 0.530 bits per heavy atom. The van der Waals surface area contributed by atoms with E-state index < -0.39 is 64.6 Å². The number of aryl methyl sites for hydroxylation is 3. The number of carbonyl (C=O) groups is 4. The first-order valence-corrected chi connectivity index (χ1v) is 33.1. The molecule has 3 heterocycles. The van der Waals surface area contributed by atoms with Crippen LogP contribution in [0.3, 0.4) is 0 Å². The fourth-order valence-electron chi connectivity index (χ4n) is 11.1. The molecule has 6 atom stereocenters. The van der Waals surface area contributed by atoms with Crippen LogP contribution in [0, 0.1) is 73.4 Å². The van der Waals surface area contributed by atoms with E-state index in [2.05, 4.69) is 37.3 Å². The molecule has 2 N–H and O–H groups in total. The van der Waals surface area contributed by atoms with Gasteiger partial charge in [0.05, 0.1) is 64.4 Å². The van der Waals surface area contributed by atoms with Gasteiger partial charge in [-0.2, -0.15) is 15.3 Å². The van der Waals surface area contributed by atoms with E-state index in [0.29, 0.717) is 70.6 Å². The van der Waals surface area contributed by atoms with Gasteiger partial charge in [-0.05, 0) is 233 Å². The van der Waals surface area contributed by atoms with Crippen LogP contribution >= 0.6 is 50.7 Å². The number of carboxylic acid groups (broad SMARTS) is 2. The molecule has 29 heteroatoms. The Labute approximate surface area is 716 Å². The average molecular weight is 1750 g/mol. The molecule has 520 valence electrons. The predicted molar refractivity (Wildman–Crippen MR) is 356 cm³/mol. The predicted octanol–water partition coefficient (Wildman–Crippen LogP) is 9.96. The monoisotopic (exact) mass is 1740 g/mol. The van der Waals surface area contributed by atoms with Gasteiger partial charge in [0.1, 0.15) is 13.2 Å². The SMILES string of the molecule is CCOC(=O)CC1CC1c1cc(F)c(O)c(F)c1.CCOC(=O)CC1CC1c1cc(F)c(OCc2cc(C)nn2-c2ccc(Cl)cc2)c(F)c1.Cc1cc(CBr)n(-c2ccc(Cl)cc2)n1.Cc1cc(COc2c(F)cc(C3CC3CC(=O)O)cc2F)n(-c2ccc(Cl)cc2)n1.O=C[O-].[Cs+].[Cs+].[H-]. The number of nitrogens with zero attached hydrogens (tertiary/aromatic N) is 6. The van der Waals surface area contributed by atoms with Crippen molar-refractivity contribution >= 4 is 75.1 Å². The van der Waals surface area contributed by atoms with Gasteiger partial charge in [-0.25, -0.2) is 40.4 Å². The molecule has 0 amide bonds. The van der Waals surface area contributed by atoms with Gasteiger partial charge in [-0.1, -0.05) is 50.7 Å². The van der Waals surface area contributed by atoms with Crippen molar-refractivity contribution in [3.8, 4) is 34.3 Å². The molecular formula is C71H68BrCl3Cs2F6N6O11. The van der Waals surface area contributed by atoms with E-state index in [4.69, 9.17) is 73.9 Å². The largest absolute Gasteiger partial charge is 1.00 e. The van der Waals surface area contributed by atoms with Crippen molar-refractivity contribution in [3.63, 3.8) is 0 Å². The second-order valence-corrected chi connectivity index (χ2v) is 25.1. The third-order valence-electron chi connectivity index (χ3n) is 15.8. The van der Waals surface area contributed by atoms with Crippen molar-refractivity contribution < 1.29 is 219 Å². The maximum absolute atomic E-state index is 14.7. The number of esters is 2. The standard InChI is InChI=1S/C24H23ClF2N2O3.C22H19ClF2N2O3.C13H14F2O3.C11H10BrClN2.CH2O2.2Cs.H/c1-3-31-23(30)12-15-9-20(15)16-10-21(26)24(22(27)11-16)32-13-19-8-14(2)28-29(19)18-6-4-17(25)5-7-18;1-12-6-17(27(26-12)16-4-2-15(23)3-5-16)11-30-22-19(24)8-14(9-20(22)25)18-7-13(18)10-21(28)29;1-2-18-12(16)6-7-3-9(7)8-4-10(14)13(17)11(15)5-8;1-8-6-11(7-12)15(14-8)10-4-2-9(13)3-5-10;2-1-3;;;/h4-8,10-11,15,20H,3,9,12-13H2,1-2H3;2-6,8-9,13,18H,7,10-11H2,1H3,(H,28,29);4-5,7,9,17H,2-3,6H2,1H3;2-6H,7H2,1H3;1H,(H,2,3);;;/q;;;;;2*+1;-1/p-1. The molecule has 17 nitrogen and oxygen atoms in total. The average Bonchev–Trinajstić information content (AvgIpc) is 1.66. The number of hydrogen-bond acceptors (Lipinski definition) is 13. The number of halogens is 10. The number of hydrogen-bond donors (Lipinski definition) is 2. The summed E-state index contributed by atoms with van der Waals surface area (Å²) in [5.41, 5.74) is 8.92. The Kier molecular flexibility index (Phi) is 33.6. The Morgan fingerprint density at radius 2 is 0.810 bits per heavy atom. The zero-order valence-electron chi connectivity index (χ0n) is 56.5. The summed E-state index contributed by atoms with van der Waals surface area (Å²) in [6, 6.07) is 34.7. The van der Waals surface area contributed by atoms with Crippen LogP contribution in [0.25, 0.3) is 17.1 Å². The van der Waals surface area contributed by atoms with Crippen LogP contribution in [0.2, 0.25) is 15.1 Å². The van der Waals surface area contributed by atoms with Crippen LogP contribution in [0.5, 0.6) is 17.2 Å². The third-order valence-corrected chi connectivity index (χ3v) is 17.2. The van der Waals surface area contributed by atoms with Crippen molar-refractivity contribution in [2.24, 2.45) is 17.8 Å². The molecule has 0 saturated heterocycles. The molecule has 12 rings (SSSR count). The van der Waals surface area contributed by atoms with Crippen LogP contribution in [-0.2, 0) is 47.2 Å². The molecule has 3 aliphatic rings. The summed E-state index contributed by atoms with van der Waals surface area (Å²) in [6.07, 6.45) is 2.56. The Morgan fingerprint density at radius 3 is 1.10 bits per heavy atom. The molecule has 3 aliphatic carbocycles. The van der Waals surface area contributed by atoms with Gasteiger partial charge in [0, 0.05) is 46.1 Å². The molecule has 0 radical (unpaired) electrons. The number of ether oxygens (including phenoxy) is 4. The van der Waals surface area contributed by atoms with Crippen molar-refractivity contribution in [1.82, 2.24) is 29.3 Å².